The second kappa shape index (κ2) is 8.23. The van der Waals surface area contributed by atoms with Crippen molar-refractivity contribution in [2.24, 2.45) is 17.8 Å². The maximum Gasteiger partial charge on any atom is 0.328 e. The second-order valence-corrected chi connectivity index (χ2v) is 9.52. The van der Waals surface area contributed by atoms with Crippen molar-refractivity contribution in [3.05, 3.63) is 32.3 Å². The van der Waals surface area contributed by atoms with Gasteiger partial charge in [-0.3, -0.25) is 14.2 Å². The van der Waals surface area contributed by atoms with Crippen molar-refractivity contribution >= 4 is 27.5 Å². The van der Waals surface area contributed by atoms with Crippen LogP contribution in [0.15, 0.2) is 21.0 Å². The van der Waals surface area contributed by atoms with Crippen LogP contribution in [-0.4, -0.2) is 21.5 Å². The number of hydrogen-bond acceptors (Lipinski definition) is 4. The van der Waals surface area contributed by atoms with E-state index in [1.807, 2.05) is 5.38 Å². The Bertz CT molecular complexity index is 952. The Labute approximate surface area is 168 Å². The van der Waals surface area contributed by atoms with Gasteiger partial charge in [-0.2, -0.15) is 0 Å². The van der Waals surface area contributed by atoms with Crippen LogP contribution in [0.25, 0.3) is 10.2 Å². The summed E-state index contributed by atoms with van der Waals surface area (Å²) in [6.45, 7) is 2.68. The highest BCUT2D eigenvalue weighted by Crippen LogP contribution is 2.31. The molecule has 2 aromatic rings. The summed E-state index contributed by atoms with van der Waals surface area (Å²) in [7, 11) is 0. The van der Waals surface area contributed by atoms with Crippen LogP contribution in [0.2, 0.25) is 0 Å². The molecule has 2 saturated carbocycles. The molecule has 0 saturated heterocycles. The first kappa shape index (κ1) is 19.4. The van der Waals surface area contributed by atoms with Crippen molar-refractivity contribution in [2.75, 3.05) is 0 Å². The molecule has 2 aromatic heterocycles. The van der Waals surface area contributed by atoms with Crippen molar-refractivity contribution in [2.45, 2.75) is 70.9 Å². The number of hydrogen-bond donors (Lipinski definition) is 2. The number of thiophene rings is 1. The SMILES string of the molecule is C[C@@H]1CCCC[C@@H]1NC(=O)C1CCC(Cn2c(=O)[nH]c3ccsc3c2=O)CC1. The monoisotopic (exact) mass is 403 g/mol. The molecule has 2 N–H and O–H groups in total. The lowest BCUT2D eigenvalue weighted by Crippen LogP contribution is -2.44. The van der Waals surface area contributed by atoms with Crippen molar-refractivity contribution in [3.63, 3.8) is 0 Å². The fourth-order valence-electron chi connectivity index (χ4n) is 4.83. The van der Waals surface area contributed by atoms with Crippen LogP contribution in [0, 0.1) is 17.8 Å². The average Bonchev–Trinajstić information content (AvgIpc) is 3.16. The first-order valence-electron chi connectivity index (χ1n) is 10.5. The number of H-pyrrole nitrogens is 1. The molecule has 2 fully saturated rings. The number of aromatic amines is 1. The third-order valence-corrected chi connectivity index (χ3v) is 7.59. The van der Waals surface area contributed by atoms with Gasteiger partial charge in [-0.1, -0.05) is 19.8 Å². The van der Waals surface area contributed by atoms with Crippen LogP contribution >= 0.6 is 11.3 Å². The Hall–Kier alpha value is -1.89. The minimum absolute atomic E-state index is 0.0696. The Kier molecular flexibility index (Phi) is 5.71. The van der Waals surface area contributed by atoms with Crippen LogP contribution < -0.4 is 16.6 Å². The van der Waals surface area contributed by atoms with E-state index in [1.165, 1.54) is 35.2 Å². The Morgan fingerprint density at radius 2 is 1.93 bits per heavy atom. The van der Waals surface area contributed by atoms with Crippen LogP contribution in [0.5, 0.6) is 0 Å². The van der Waals surface area contributed by atoms with E-state index in [4.69, 9.17) is 0 Å². The molecule has 4 rings (SSSR count). The first-order valence-corrected chi connectivity index (χ1v) is 11.4. The number of carbonyl (C=O) groups excluding carboxylic acids is 1. The highest BCUT2D eigenvalue weighted by molar-refractivity contribution is 7.17. The lowest BCUT2D eigenvalue weighted by molar-refractivity contribution is -0.127. The molecular weight excluding hydrogens is 374 g/mol. The maximum atomic E-state index is 12.7. The second-order valence-electron chi connectivity index (χ2n) is 8.60. The molecule has 0 bridgehead atoms. The molecule has 28 heavy (non-hydrogen) atoms. The normalized spacial score (nSPS) is 28.3. The largest absolute Gasteiger partial charge is 0.353 e. The number of fused-ring (bicyclic) bond motifs is 1. The van der Waals surface area contributed by atoms with E-state index in [0.717, 1.165) is 32.1 Å². The Morgan fingerprint density at radius 1 is 1.18 bits per heavy atom. The molecule has 2 aliphatic carbocycles. The molecule has 7 heteroatoms. The minimum Gasteiger partial charge on any atom is -0.353 e. The summed E-state index contributed by atoms with van der Waals surface area (Å²) >= 11 is 1.36. The number of nitrogens with one attached hydrogen (secondary N) is 2. The fraction of sp³-hybridized carbons (Fsp3) is 0.667. The zero-order chi connectivity index (χ0) is 19.7. The number of nitrogens with zero attached hydrogens (tertiary/aromatic N) is 1. The van der Waals surface area contributed by atoms with E-state index in [-0.39, 0.29) is 29.0 Å². The summed E-state index contributed by atoms with van der Waals surface area (Å²) in [5, 5.41) is 5.11. The van der Waals surface area contributed by atoms with Crippen molar-refractivity contribution in [1.82, 2.24) is 14.9 Å². The molecule has 2 aliphatic rings. The summed E-state index contributed by atoms with van der Waals surface area (Å²) in [6.07, 6.45) is 8.22. The number of carbonyl (C=O) groups is 1. The number of amides is 1. The standard InChI is InChI=1S/C21H29N3O3S/c1-13-4-2-3-5-16(13)22-19(25)15-8-6-14(7-9-15)12-24-20(26)18-17(10-11-28-18)23-21(24)27/h10-11,13-16H,2-9,12H2,1H3,(H,22,25)(H,23,27)/t13-,14?,15?,16+/m1/s1. The van der Waals surface area contributed by atoms with Gasteiger partial charge in [-0.05, 0) is 61.8 Å². The van der Waals surface area contributed by atoms with E-state index >= 15 is 0 Å². The van der Waals surface area contributed by atoms with Gasteiger partial charge in [0, 0.05) is 18.5 Å². The van der Waals surface area contributed by atoms with E-state index in [9.17, 15) is 14.4 Å². The molecule has 0 unspecified atom stereocenters. The molecule has 1 amide bonds. The van der Waals surface area contributed by atoms with Gasteiger partial charge >= 0.3 is 5.69 Å². The first-order chi connectivity index (χ1) is 13.5. The van der Waals surface area contributed by atoms with Crippen LogP contribution in [0.4, 0.5) is 0 Å². The Morgan fingerprint density at radius 3 is 2.68 bits per heavy atom. The molecule has 2 heterocycles. The van der Waals surface area contributed by atoms with E-state index < -0.39 is 0 Å². The molecule has 0 radical (unpaired) electrons. The summed E-state index contributed by atoms with van der Waals surface area (Å²) in [5.41, 5.74) is 0.0931. The van der Waals surface area contributed by atoms with Crippen LogP contribution in [0.1, 0.15) is 58.3 Å². The number of rotatable bonds is 4. The molecular formula is C21H29N3O3S. The van der Waals surface area contributed by atoms with E-state index in [2.05, 4.69) is 17.2 Å². The van der Waals surface area contributed by atoms with Gasteiger partial charge in [-0.15, -0.1) is 11.3 Å². The highest BCUT2D eigenvalue weighted by Gasteiger charge is 2.30. The zero-order valence-electron chi connectivity index (χ0n) is 16.4. The van der Waals surface area contributed by atoms with E-state index in [1.54, 1.807) is 6.07 Å². The van der Waals surface area contributed by atoms with Gasteiger partial charge < -0.3 is 10.3 Å². The molecule has 152 valence electrons. The third-order valence-electron chi connectivity index (χ3n) is 6.69. The molecule has 2 atom stereocenters. The summed E-state index contributed by atoms with van der Waals surface area (Å²) < 4.78 is 1.95. The molecule has 0 aliphatic heterocycles. The quantitative estimate of drug-likeness (QED) is 0.822. The Balaban J connectivity index is 1.35. The van der Waals surface area contributed by atoms with Crippen molar-refractivity contribution in [3.8, 4) is 0 Å². The van der Waals surface area contributed by atoms with E-state index in [0.29, 0.717) is 28.7 Å². The van der Waals surface area contributed by atoms with Gasteiger partial charge in [-0.25, -0.2) is 4.79 Å². The molecule has 0 spiro atoms. The van der Waals surface area contributed by atoms with Gasteiger partial charge in [0.25, 0.3) is 5.56 Å². The topological polar surface area (TPSA) is 84.0 Å². The average molecular weight is 404 g/mol. The minimum atomic E-state index is -0.331. The smallest absolute Gasteiger partial charge is 0.328 e. The number of aromatic nitrogens is 2. The van der Waals surface area contributed by atoms with Crippen molar-refractivity contribution in [1.29, 1.82) is 0 Å². The summed E-state index contributed by atoms with van der Waals surface area (Å²) in [5.74, 6) is 1.11. The van der Waals surface area contributed by atoms with Crippen LogP contribution in [-0.2, 0) is 11.3 Å². The zero-order valence-corrected chi connectivity index (χ0v) is 17.2. The van der Waals surface area contributed by atoms with Crippen LogP contribution in [0.3, 0.4) is 0 Å². The summed E-state index contributed by atoms with van der Waals surface area (Å²) in [4.78, 5) is 40.4. The van der Waals surface area contributed by atoms with Gasteiger partial charge in [0.1, 0.15) is 4.70 Å². The molecule has 6 nitrogen and oxygen atoms in total. The molecule has 0 aromatic carbocycles. The lowest BCUT2D eigenvalue weighted by Gasteiger charge is -2.33. The summed E-state index contributed by atoms with van der Waals surface area (Å²) in [6, 6.07) is 2.10. The van der Waals surface area contributed by atoms with Gasteiger partial charge in [0.05, 0.1) is 5.52 Å². The highest BCUT2D eigenvalue weighted by atomic mass is 32.1. The predicted molar refractivity (Wildman–Crippen MR) is 112 cm³/mol. The van der Waals surface area contributed by atoms with Gasteiger partial charge in [0.15, 0.2) is 0 Å². The maximum absolute atomic E-state index is 12.7. The fourth-order valence-corrected chi connectivity index (χ4v) is 5.63. The lowest BCUT2D eigenvalue weighted by atomic mass is 9.80. The van der Waals surface area contributed by atoms with Crippen molar-refractivity contribution < 1.29 is 4.79 Å². The predicted octanol–water partition coefficient (Wildman–Crippen LogP) is 3.25. The van der Waals surface area contributed by atoms with Gasteiger partial charge in [0.2, 0.25) is 5.91 Å². The third kappa shape index (κ3) is 3.95.